The summed E-state index contributed by atoms with van der Waals surface area (Å²) < 4.78 is 11.1. The third-order valence-electron chi connectivity index (χ3n) is 4.54. The van der Waals surface area contributed by atoms with E-state index < -0.39 is 0 Å². The Bertz CT molecular complexity index is 243. The number of nitrogens with zero attached hydrogens (tertiary/aromatic N) is 1. The first kappa shape index (κ1) is 15.2. The van der Waals surface area contributed by atoms with Gasteiger partial charge in [0.15, 0.2) is 0 Å². The van der Waals surface area contributed by atoms with E-state index in [1.165, 1.54) is 32.2 Å². The molecular weight excluding hydrogens is 240 g/mol. The van der Waals surface area contributed by atoms with Crippen molar-refractivity contribution in [1.29, 1.82) is 0 Å². The number of hydrogen-bond donors (Lipinski definition) is 1. The molecule has 0 amide bonds. The molecule has 0 aromatic rings. The highest BCUT2D eigenvalue weighted by molar-refractivity contribution is 4.87. The van der Waals surface area contributed by atoms with E-state index >= 15 is 0 Å². The van der Waals surface area contributed by atoms with Crippen LogP contribution in [0.15, 0.2) is 0 Å². The van der Waals surface area contributed by atoms with Gasteiger partial charge in [-0.2, -0.15) is 0 Å². The summed E-state index contributed by atoms with van der Waals surface area (Å²) in [5.41, 5.74) is 0.351. The summed E-state index contributed by atoms with van der Waals surface area (Å²) in [4.78, 5) is 2.50. The van der Waals surface area contributed by atoms with Crippen LogP contribution in [0.5, 0.6) is 0 Å². The number of hydrogen-bond acceptors (Lipinski definition) is 4. The van der Waals surface area contributed by atoms with Crippen molar-refractivity contribution in [1.82, 2.24) is 10.2 Å². The Morgan fingerprint density at radius 1 is 1.37 bits per heavy atom. The van der Waals surface area contributed by atoms with E-state index in [2.05, 4.69) is 17.3 Å². The van der Waals surface area contributed by atoms with Crippen LogP contribution in [0.25, 0.3) is 0 Å². The van der Waals surface area contributed by atoms with Gasteiger partial charge in [-0.1, -0.05) is 0 Å². The molecule has 2 saturated heterocycles. The van der Waals surface area contributed by atoms with Crippen molar-refractivity contribution >= 4 is 0 Å². The highest BCUT2D eigenvalue weighted by atomic mass is 16.5. The topological polar surface area (TPSA) is 33.7 Å². The van der Waals surface area contributed by atoms with Crippen LogP contribution < -0.4 is 5.32 Å². The average Bonchev–Trinajstić information content (AvgIpc) is 2.40. The van der Waals surface area contributed by atoms with E-state index in [1.807, 2.05) is 7.11 Å². The van der Waals surface area contributed by atoms with Crippen LogP contribution in [0.1, 0.15) is 25.7 Å². The second-order valence-electron chi connectivity index (χ2n) is 6.46. The minimum atomic E-state index is 0.351. The summed E-state index contributed by atoms with van der Waals surface area (Å²) in [5.74, 6) is 0.722. The molecule has 2 rings (SSSR count). The fourth-order valence-corrected chi connectivity index (χ4v) is 3.64. The third-order valence-corrected chi connectivity index (χ3v) is 4.54. The Morgan fingerprint density at radius 3 is 2.79 bits per heavy atom. The fraction of sp³-hybridized carbons (Fsp3) is 1.00. The number of nitrogens with one attached hydrogen (secondary N) is 1. The second-order valence-corrected chi connectivity index (χ2v) is 6.46. The summed E-state index contributed by atoms with van der Waals surface area (Å²) in [7, 11) is 4.09. The van der Waals surface area contributed by atoms with Gasteiger partial charge in [0.1, 0.15) is 0 Å². The van der Waals surface area contributed by atoms with Crippen LogP contribution in [0.3, 0.4) is 0 Å². The highest BCUT2D eigenvalue weighted by Crippen LogP contribution is 2.30. The van der Waals surface area contributed by atoms with E-state index in [9.17, 15) is 0 Å². The average molecular weight is 270 g/mol. The van der Waals surface area contributed by atoms with Gasteiger partial charge in [-0.15, -0.1) is 0 Å². The molecule has 2 aliphatic rings. The molecule has 4 nitrogen and oxygen atoms in total. The predicted octanol–water partition coefficient (Wildman–Crippen LogP) is 1.36. The Kier molecular flexibility index (Phi) is 6.07. The summed E-state index contributed by atoms with van der Waals surface area (Å²) in [6, 6.07) is 0. The lowest BCUT2D eigenvalue weighted by Gasteiger charge is -2.41. The summed E-state index contributed by atoms with van der Waals surface area (Å²) >= 11 is 0. The lowest BCUT2D eigenvalue weighted by atomic mass is 9.79. The maximum absolute atomic E-state index is 5.58. The van der Waals surface area contributed by atoms with E-state index in [0.717, 1.165) is 45.4 Å². The van der Waals surface area contributed by atoms with E-state index in [0.29, 0.717) is 5.41 Å². The van der Waals surface area contributed by atoms with Gasteiger partial charge in [0.25, 0.3) is 0 Å². The van der Waals surface area contributed by atoms with Gasteiger partial charge in [-0.25, -0.2) is 0 Å². The first-order valence-electron chi connectivity index (χ1n) is 7.70. The Balaban J connectivity index is 1.81. The summed E-state index contributed by atoms with van der Waals surface area (Å²) in [6.45, 7) is 7.37. The zero-order chi connectivity index (χ0) is 13.6. The quantitative estimate of drug-likeness (QED) is 0.790. The molecule has 0 bridgehead atoms. The molecule has 112 valence electrons. The molecule has 19 heavy (non-hydrogen) atoms. The van der Waals surface area contributed by atoms with Crippen LogP contribution in [0.4, 0.5) is 0 Å². The number of methoxy groups -OCH3 is 1. The third kappa shape index (κ3) is 4.71. The molecule has 0 saturated carbocycles. The molecule has 0 aliphatic carbocycles. The van der Waals surface area contributed by atoms with Crippen molar-refractivity contribution in [2.45, 2.75) is 25.7 Å². The maximum atomic E-state index is 5.58. The van der Waals surface area contributed by atoms with Crippen molar-refractivity contribution in [2.24, 2.45) is 11.3 Å². The van der Waals surface area contributed by atoms with Gasteiger partial charge in [0, 0.05) is 32.2 Å². The minimum Gasteiger partial charge on any atom is -0.384 e. The van der Waals surface area contributed by atoms with E-state index in [1.54, 1.807) is 0 Å². The van der Waals surface area contributed by atoms with Crippen molar-refractivity contribution in [3.63, 3.8) is 0 Å². The monoisotopic (exact) mass is 270 g/mol. The van der Waals surface area contributed by atoms with Crippen molar-refractivity contribution in [2.75, 3.05) is 60.2 Å². The number of piperidine rings is 1. The molecule has 0 spiro atoms. The van der Waals surface area contributed by atoms with Crippen LogP contribution in [0.2, 0.25) is 0 Å². The lowest BCUT2D eigenvalue weighted by molar-refractivity contribution is 0.00816. The first-order chi connectivity index (χ1) is 9.24. The molecule has 2 heterocycles. The molecule has 0 aromatic carbocycles. The van der Waals surface area contributed by atoms with Gasteiger partial charge < -0.3 is 19.7 Å². The Labute approximate surface area is 117 Å². The molecule has 1 atom stereocenters. The van der Waals surface area contributed by atoms with E-state index in [-0.39, 0.29) is 0 Å². The number of rotatable bonds is 6. The van der Waals surface area contributed by atoms with E-state index in [4.69, 9.17) is 9.47 Å². The lowest BCUT2D eigenvalue weighted by Crippen LogP contribution is -2.47. The normalized spacial score (nSPS) is 27.6. The van der Waals surface area contributed by atoms with Gasteiger partial charge in [-0.05, 0) is 51.7 Å². The Hall–Kier alpha value is -0.160. The molecule has 2 aliphatic heterocycles. The first-order valence-corrected chi connectivity index (χ1v) is 7.70. The largest absolute Gasteiger partial charge is 0.384 e. The maximum Gasteiger partial charge on any atom is 0.0531 e. The molecular formula is C15H30N2O2. The molecule has 0 aromatic heterocycles. The zero-order valence-corrected chi connectivity index (χ0v) is 12.6. The molecule has 2 fully saturated rings. The van der Waals surface area contributed by atoms with Gasteiger partial charge in [-0.3, -0.25) is 0 Å². The smallest absolute Gasteiger partial charge is 0.0531 e. The molecule has 0 radical (unpaired) electrons. The van der Waals surface area contributed by atoms with Gasteiger partial charge in [0.05, 0.1) is 13.2 Å². The predicted molar refractivity (Wildman–Crippen MR) is 77.5 cm³/mol. The van der Waals surface area contributed by atoms with Crippen LogP contribution in [0, 0.1) is 11.3 Å². The molecule has 1 unspecified atom stereocenters. The SMILES string of the molecule is COCC1(CN(C)CC2CCCOC2)CCNCC1. The van der Waals surface area contributed by atoms with Crippen molar-refractivity contribution in [3.05, 3.63) is 0 Å². The minimum absolute atomic E-state index is 0.351. The molecule has 1 N–H and O–H groups in total. The second kappa shape index (κ2) is 7.58. The summed E-state index contributed by atoms with van der Waals surface area (Å²) in [6.07, 6.45) is 5.01. The zero-order valence-electron chi connectivity index (χ0n) is 12.6. The van der Waals surface area contributed by atoms with Crippen LogP contribution in [-0.4, -0.2) is 65.1 Å². The standard InChI is InChI=1S/C15H30N2O2/c1-17(10-14-4-3-9-19-11-14)12-15(13-18-2)5-7-16-8-6-15/h14,16H,3-13H2,1-2H3. The summed E-state index contributed by atoms with van der Waals surface area (Å²) in [5, 5.41) is 3.46. The van der Waals surface area contributed by atoms with Crippen molar-refractivity contribution < 1.29 is 9.47 Å². The van der Waals surface area contributed by atoms with Crippen LogP contribution in [-0.2, 0) is 9.47 Å². The fourth-order valence-electron chi connectivity index (χ4n) is 3.64. The van der Waals surface area contributed by atoms with Gasteiger partial charge >= 0.3 is 0 Å². The highest BCUT2D eigenvalue weighted by Gasteiger charge is 2.33. The number of ether oxygens (including phenoxy) is 2. The Morgan fingerprint density at radius 2 is 2.16 bits per heavy atom. The van der Waals surface area contributed by atoms with Crippen LogP contribution >= 0.6 is 0 Å². The van der Waals surface area contributed by atoms with Crippen molar-refractivity contribution in [3.8, 4) is 0 Å². The molecule has 4 heteroatoms. The van der Waals surface area contributed by atoms with Gasteiger partial charge in [0.2, 0.25) is 0 Å².